The van der Waals surface area contributed by atoms with E-state index >= 15 is 4.39 Å². The fourth-order valence-electron chi connectivity index (χ4n) is 5.46. The Labute approximate surface area is 271 Å². The lowest BCUT2D eigenvalue weighted by molar-refractivity contribution is -0.119. The summed E-state index contributed by atoms with van der Waals surface area (Å²) in [5.74, 6) is -0.764. The normalized spacial score (nSPS) is 13.8. The second-order valence-electron chi connectivity index (χ2n) is 10.8. The van der Waals surface area contributed by atoms with Crippen LogP contribution in [0.15, 0.2) is 58.1 Å². The predicted molar refractivity (Wildman–Crippen MR) is 168 cm³/mol. The van der Waals surface area contributed by atoms with Crippen LogP contribution in [0.5, 0.6) is 17.2 Å². The van der Waals surface area contributed by atoms with Crippen molar-refractivity contribution in [1.29, 1.82) is 0 Å². The standard InChI is InChI=1S/C32H30Cl2F3N3O6/c1-44-30-10-19(2-3-28(30)45-17-20-8-21(33)11-22(34)9-20)16-39-31(42)25-12-29(46-24(14-35)15-36)26(37)13-27(25)40(32(39)43)23-4-6-38(18-41)7-5-23/h2-3,8-13,18,23-24H,4-7,14-17H2,1H3. The number of piperidine rings is 1. The molecular formula is C32H30Cl2F3N3O6. The summed E-state index contributed by atoms with van der Waals surface area (Å²) in [4.78, 5) is 40.6. The third kappa shape index (κ3) is 7.13. The first kappa shape index (κ1) is 33.2. The minimum Gasteiger partial charge on any atom is -0.493 e. The molecule has 2 heterocycles. The van der Waals surface area contributed by atoms with E-state index in [1.54, 1.807) is 41.3 Å². The molecule has 14 heteroatoms. The van der Waals surface area contributed by atoms with Crippen molar-refractivity contribution in [3.63, 3.8) is 0 Å². The van der Waals surface area contributed by atoms with Crippen LogP contribution in [0.1, 0.15) is 30.0 Å². The molecule has 0 unspecified atom stereocenters. The molecular weight excluding hydrogens is 650 g/mol. The number of hydrogen-bond acceptors (Lipinski definition) is 6. The Bertz CT molecular complexity index is 1840. The van der Waals surface area contributed by atoms with Gasteiger partial charge in [-0.25, -0.2) is 18.0 Å². The number of rotatable bonds is 12. The highest BCUT2D eigenvalue weighted by atomic mass is 35.5. The van der Waals surface area contributed by atoms with Gasteiger partial charge in [-0.2, -0.15) is 0 Å². The second kappa shape index (κ2) is 14.5. The number of halogens is 5. The van der Waals surface area contributed by atoms with E-state index in [1.165, 1.54) is 11.7 Å². The number of fused-ring (bicyclic) bond motifs is 1. The highest BCUT2D eigenvalue weighted by Crippen LogP contribution is 2.31. The van der Waals surface area contributed by atoms with Crippen LogP contribution >= 0.6 is 23.2 Å². The first-order chi connectivity index (χ1) is 22.1. The zero-order valence-corrected chi connectivity index (χ0v) is 26.2. The topological polar surface area (TPSA) is 92.0 Å². The lowest BCUT2D eigenvalue weighted by Gasteiger charge is -2.31. The van der Waals surface area contributed by atoms with Crippen molar-refractivity contribution < 1.29 is 32.2 Å². The number of hydrogen-bond donors (Lipinski definition) is 0. The van der Waals surface area contributed by atoms with Gasteiger partial charge in [0, 0.05) is 35.2 Å². The van der Waals surface area contributed by atoms with E-state index in [-0.39, 0.29) is 24.1 Å². The van der Waals surface area contributed by atoms with Crippen molar-refractivity contribution in [2.24, 2.45) is 0 Å². The van der Waals surface area contributed by atoms with Gasteiger partial charge in [0.25, 0.3) is 5.56 Å². The Morgan fingerprint density at radius 1 is 0.935 bits per heavy atom. The number of nitrogens with zero attached hydrogens (tertiary/aromatic N) is 3. The van der Waals surface area contributed by atoms with Gasteiger partial charge in [0.15, 0.2) is 29.2 Å². The molecule has 3 aromatic carbocycles. The molecule has 1 saturated heterocycles. The van der Waals surface area contributed by atoms with Crippen molar-refractivity contribution in [3.05, 3.63) is 96.4 Å². The van der Waals surface area contributed by atoms with Gasteiger partial charge in [0.05, 0.1) is 24.6 Å². The summed E-state index contributed by atoms with van der Waals surface area (Å²) < 4.78 is 60.5. The van der Waals surface area contributed by atoms with Crippen LogP contribution in [-0.2, 0) is 17.9 Å². The maximum Gasteiger partial charge on any atom is 0.332 e. The number of aromatic nitrogens is 2. The Balaban J connectivity index is 1.54. The molecule has 9 nitrogen and oxygen atoms in total. The number of amides is 1. The fraction of sp³-hybridized carbons (Fsp3) is 0.344. The number of ether oxygens (including phenoxy) is 3. The number of benzene rings is 3. The van der Waals surface area contributed by atoms with E-state index in [0.29, 0.717) is 53.0 Å². The van der Waals surface area contributed by atoms with Crippen LogP contribution in [0.4, 0.5) is 13.2 Å². The molecule has 0 aliphatic carbocycles. The molecule has 244 valence electrons. The van der Waals surface area contributed by atoms with Gasteiger partial charge in [-0.3, -0.25) is 18.7 Å². The van der Waals surface area contributed by atoms with Gasteiger partial charge in [0.2, 0.25) is 6.41 Å². The molecule has 0 saturated carbocycles. The van der Waals surface area contributed by atoms with Gasteiger partial charge in [0.1, 0.15) is 20.0 Å². The zero-order chi connectivity index (χ0) is 33.0. The molecule has 1 aliphatic heterocycles. The SMILES string of the molecule is COc1cc(Cn2c(=O)c3cc(OC(CF)CF)c(F)cc3n(C3CCN(C=O)CC3)c2=O)ccc1OCc1cc(Cl)cc(Cl)c1. The molecule has 0 radical (unpaired) electrons. The molecule has 4 aromatic rings. The summed E-state index contributed by atoms with van der Waals surface area (Å²) in [6.45, 7) is -1.74. The smallest absolute Gasteiger partial charge is 0.332 e. The summed E-state index contributed by atoms with van der Waals surface area (Å²) in [5, 5.41) is 0.845. The summed E-state index contributed by atoms with van der Waals surface area (Å²) >= 11 is 12.2. The van der Waals surface area contributed by atoms with Crippen LogP contribution in [0.25, 0.3) is 10.9 Å². The maximum absolute atomic E-state index is 15.2. The van der Waals surface area contributed by atoms with E-state index < -0.39 is 48.3 Å². The highest BCUT2D eigenvalue weighted by molar-refractivity contribution is 6.34. The van der Waals surface area contributed by atoms with Crippen molar-refractivity contribution >= 4 is 40.5 Å². The molecule has 46 heavy (non-hydrogen) atoms. The maximum atomic E-state index is 15.2. The van der Waals surface area contributed by atoms with Gasteiger partial charge in [-0.05, 0) is 60.4 Å². The third-order valence-corrected chi connectivity index (χ3v) is 8.20. The van der Waals surface area contributed by atoms with Crippen molar-refractivity contribution in [2.75, 3.05) is 33.5 Å². The van der Waals surface area contributed by atoms with Crippen molar-refractivity contribution in [1.82, 2.24) is 14.0 Å². The number of likely N-dealkylation sites (tertiary alicyclic amines) is 1. The van der Waals surface area contributed by atoms with Gasteiger partial charge >= 0.3 is 5.69 Å². The number of methoxy groups -OCH3 is 1. The number of alkyl halides is 2. The van der Waals surface area contributed by atoms with E-state index in [0.717, 1.165) is 28.7 Å². The first-order valence-corrected chi connectivity index (χ1v) is 15.1. The first-order valence-electron chi connectivity index (χ1n) is 14.4. The largest absolute Gasteiger partial charge is 0.493 e. The molecule has 0 bridgehead atoms. The minimum atomic E-state index is -1.56. The van der Waals surface area contributed by atoms with Gasteiger partial charge in [-0.1, -0.05) is 29.3 Å². The van der Waals surface area contributed by atoms with E-state index in [1.807, 2.05) is 0 Å². The van der Waals surface area contributed by atoms with E-state index in [4.69, 9.17) is 37.4 Å². The summed E-state index contributed by atoms with van der Waals surface area (Å²) in [6, 6.07) is 11.5. The Hall–Kier alpha value is -4.16. The van der Waals surface area contributed by atoms with Gasteiger partial charge < -0.3 is 19.1 Å². The molecule has 5 rings (SSSR count). The molecule has 1 aromatic heterocycles. The van der Waals surface area contributed by atoms with Crippen LogP contribution < -0.4 is 25.5 Å². The van der Waals surface area contributed by atoms with Crippen LogP contribution in [-0.4, -0.2) is 60.1 Å². The Morgan fingerprint density at radius 2 is 1.63 bits per heavy atom. The molecule has 1 fully saturated rings. The third-order valence-electron chi connectivity index (χ3n) is 7.76. The van der Waals surface area contributed by atoms with E-state index in [2.05, 4.69) is 0 Å². The van der Waals surface area contributed by atoms with Crippen molar-refractivity contribution in [2.45, 2.75) is 38.1 Å². The van der Waals surface area contributed by atoms with Crippen molar-refractivity contribution in [3.8, 4) is 17.2 Å². The summed E-state index contributed by atoms with van der Waals surface area (Å²) in [5.41, 5.74) is -0.169. The average molecular weight is 681 g/mol. The average Bonchev–Trinajstić information content (AvgIpc) is 3.05. The Morgan fingerprint density at radius 3 is 2.26 bits per heavy atom. The molecule has 0 atom stereocenters. The second-order valence-corrected chi connectivity index (χ2v) is 11.7. The minimum absolute atomic E-state index is 0.0140. The van der Waals surface area contributed by atoms with Gasteiger partial charge in [-0.15, -0.1) is 0 Å². The van der Waals surface area contributed by atoms with Crippen LogP contribution in [0, 0.1) is 5.82 Å². The summed E-state index contributed by atoms with van der Waals surface area (Å²) in [7, 11) is 1.45. The Kier molecular flexibility index (Phi) is 10.5. The van der Waals surface area contributed by atoms with E-state index in [9.17, 15) is 23.2 Å². The lowest BCUT2D eigenvalue weighted by Crippen LogP contribution is -2.44. The fourth-order valence-corrected chi connectivity index (χ4v) is 6.03. The van der Waals surface area contributed by atoms with Crippen LogP contribution in [0.2, 0.25) is 10.0 Å². The molecule has 0 spiro atoms. The molecule has 0 N–H and O–H groups in total. The summed E-state index contributed by atoms with van der Waals surface area (Å²) in [6.07, 6.45) is -0.0695. The monoisotopic (exact) mass is 679 g/mol. The molecule has 1 aliphatic rings. The predicted octanol–water partition coefficient (Wildman–Crippen LogP) is 5.72. The lowest BCUT2D eigenvalue weighted by atomic mass is 10.0. The zero-order valence-electron chi connectivity index (χ0n) is 24.7. The molecule has 1 amide bonds. The number of carbonyl (C=O) groups is 1. The van der Waals surface area contributed by atoms with Crippen LogP contribution in [0.3, 0.4) is 0 Å². The quantitative estimate of drug-likeness (QED) is 0.178. The number of carbonyl (C=O) groups excluding carboxylic acids is 1. The highest BCUT2D eigenvalue weighted by Gasteiger charge is 2.26.